The largest absolute Gasteiger partial charge is 0.508 e. The second kappa shape index (κ2) is 6.75. The van der Waals surface area contributed by atoms with Crippen molar-refractivity contribution in [3.8, 4) is 11.5 Å². The molecule has 0 saturated carbocycles. The highest BCUT2D eigenvalue weighted by atomic mass is 16.5. The molecule has 19 heavy (non-hydrogen) atoms. The molecule has 0 bridgehead atoms. The Hall–Kier alpha value is -2.07. The van der Waals surface area contributed by atoms with E-state index in [9.17, 15) is 5.11 Å². The number of phenols is 1. The van der Waals surface area contributed by atoms with Gasteiger partial charge in [-0.2, -0.15) is 0 Å². The van der Waals surface area contributed by atoms with E-state index < -0.39 is 0 Å². The number of pyridine rings is 1. The molecule has 2 aromatic rings. The minimum Gasteiger partial charge on any atom is -0.508 e. The number of aromatic nitrogens is 1. The van der Waals surface area contributed by atoms with Crippen LogP contribution in [0.1, 0.15) is 18.2 Å². The Morgan fingerprint density at radius 1 is 1.16 bits per heavy atom. The van der Waals surface area contributed by atoms with Gasteiger partial charge in [0.05, 0.1) is 11.9 Å². The molecule has 0 unspecified atom stereocenters. The van der Waals surface area contributed by atoms with Crippen molar-refractivity contribution in [2.45, 2.75) is 20.1 Å². The first-order valence-electron chi connectivity index (χ1n) is 6.34. The second-order valence-electron chi connectivity index (χ2n) is 4.22. The quantitative estimate of drug-likeness (QED) is 0.835. The van der Waals surface area contributed by atoms with Crippen molar-refractivity contribution in [3.05, 3.63) is 53.9 Å². The first-order chi connectivity index (χ1) is 9.28. The molecule has 0 aliphatic heterocycles. The molecule has 1 aromatic carbocycles. The van der Waals surface area contributed by atoms with E-state index in [1.165, 1.54) is 0 Å². The van der Waals surface area contributed by atoms with Gasteiger partial charge in [-0.05, 0) is 36.4 Å². The highest BCUT2D eigenvalue weighted by molar-refractivity contribution is 5.26. The molecule has 2 rings (SSSR count). The van der Waals surface area contributed by atoms with E-state index in [4.69, 9.17) is 4.74 Å². The summed E-state index contributed by atoms with van der Waals surface area (Å²) in [7, 11) is 0. The molecule has 0 aliphatic carbocycles. The van der Waals surface area contributed by atoms with E-state index >= 15 is 0 Å². The minimum absolute atomic E-state index is 0.262. The molecule has 0 spiro atoms. The first kappa shape index (κ1) is 13.4. The van der Waals surface area contributed by atoms with Gasteiger partial charge in [0, 0.05) is 6.54 Å². The van der Waals surface area contributed by atoms with Crippen LogP contribution in [0.3, 0.4) is 0 Å². The van der Waals surface area contributed by atoms with Crippen molar-refractivity contribution in [2.24, 2.45) is 0 Å². The van der Waals surface area contributed by atoms with E-state index in [0.29, 0.717) is 6.61 Å². The van der Waals surface area contributed by atoms with Gasteiger partial charge in [-0.25, -0.2) is 0 Å². The van der Waals surface area contributed by atoms with Gasteiger partial charge in [0.1, 0.15) is 18.1 Å². The van der Waals surface area contributed by atoms with Gasteiger partial charge in [-0.15, -0.1) is 0 Å². The molecule has 0 amide bonds. The van der Waals surface area contributed by atoms with Crippen molar-refractivity contribution in [2.75, 3.05) is 6.54 Å². The van der Waals surface area contributed by atoms with Crippen LogP contribution in [0, 0.1) is 0 Å². The topological polar surface area (TPSA) is 54.4 Å². The molecule has 0 fully saturated rings. The average molecular weight is 258 g/mol. The summed E-state index contributed by atoms with van der Waals surface area (Å²) >= 11 is 0. The van der Waals surface area contributed by atoms with Crippen LogP contribution in [0.2, 0.25) is 0 Å². The van der Waals surface area contributed by atoms with Crippen LogP contribution >= 0.6 is 0 Å². The van der Waals surface area contributed by atoms with Gasteiger partial charge in [0.2, 0.25) is 0 Å². The first-order valence-corrected chi connectivity index (χ1v) is 6.34. The average Bonchev–Trinajstić information content (AvgIpc) is 2.46. The van der Waals surface area contributed by atoms with Gasteiger partial charge in [-0.1, -0.05) is 19.1 Å². The van der Waals surface area contributed by atoms with Crippen LogP contribution < -0.4 is 10.1 Å². The zero-order valence-electron chi connectivity index (χ0n) is 11.0. The van der Waals surface area contributed by atoms with Gasteiger partial charge in [0.15, 0.2) is 0 Å². The lowest BCUT2D eigenvalue weighted by atomic mass is 10.2. The minimum atomic E-state index is 0.262. The summed E-state index contributed by atoms with van der Waals surface area (Å²) in [6.45, 7) is 4.24. The fraction of sp³-hybridized carbons (Fsp3) is 0.267. The number of ether oxygens (including phenoxy) is 1. The maximum atomic E-state index is 9.19. The zero-order chi connectivity index (χ0) is 13.5. The third kappa shape index (κ3) is 4.26. The Kier molecular flexibility index (Phi) is 4.75. The molecule has 4 heteroatoms. The standard InChI is InChI=1S/C15H18N2O2/c1-2-16-9-13-5-8-15(10-17-13)19-11-12-3-6-14(18)7-4-12/h3-8,10,16,18H,2,9,11H2,1H3. The highest BCUT2D eigenvalue weighted by Gasteiger charge is 1.98. The lowest BCUT2D eigenvalue weighted by Gasteiger charge is -2.07. The Balaban J connectivity index is 1.87. The summed E-state index contributed by atoms with van der Waals surface area (Å²) in [5.41, 5.74) is 2.01. The fourth-order valence-corrected chi connectivity index (χ4v) is 1.61. The predicted octanol–water partition coefficient (Wildman–Crippen LogP) is 2.48. The SMILES string of the molecule is CCNCc1ccc(OCc2ccc(O)cc2)cn1. The molecular formula is C15H18N2O2. The summed E-state index contributed by atoms with van der Waals surface area (Å²) < 4.78 is 5.63. The maximum Gasteiger partial charge on any atom is 0.138 e. The van der Waals surface area contributed by atoms with Crippen molar-refractivity contribution in [1.29, 1.82) is 0 Å². The lowest BCUT2D eigenvalue weighted by Crippen LogP contribution is -2.12. The molecular weight excluding hydrogens is 240 g/mol. The van der Waals surface area contributed by atoms with Crippen molar-refractivity contribution < 1.29 is 9.84 Å². The molecule has 2 N–H and O–H groups in total. The number of hydrogen-bond donors (Lipinski definition) is 2. The van der Waals surface area contributed by atoms with Crippen molar-refractivity contribution in [1.82, 2.24) is 10.3 Å². The normalized spacial score (nSPS) is 10.4. The van der Waals surface area contributed by atoms with Crippen LogP contribution in [0.4, 0.5) is 0 Å². The molecule has 4 nitrogen and oxygen atoms in total. The lowest BCUT2D eigenvalue weighted by molar-refractivity contribution is 0.304. The summed E-state index contributed by atoms with van der Waals surface area (Å²) in [6.07, 6.45) is 1.73. The monoisotopic (exact) mass is 258 g/mol. The number of nitrogens with one attached hydrogen (secondary N) is 1. The van der Waals surface area contributed by atoms with E-state index in [1.807, 2.05) is 24.3 Å². The number of rotatable bonds is 6. The Morgan fingerprint density at radius 3 is 2.58 bits per heavy atom. The summed E-state index contributed by atoms with van der Waals surface area (Å²) in [6, 6.07) is 10.8. The van der Waals surface area contributed by atoms with Crippen LogP contribution in [-0.4, -0.2) is 16.6 Å². The van der Waals surface area contributed by atoms with Crippen LogP contribution in [0.15, 0.2) is 42.6 Å². The van der Waals surface area contributed by atoms with Crippen molar-refractivity contribution >= 4 is 0 Å². The van der Waals surface area contributed by atoms with E-state index in [0.717, 1.165) is 30.1 Å². The Bertz CT molecular complexity index is 495. The molecule has 0 saturated heterocycles. The zero-order valence-corrected chi connectivity index (χ0v) is 11.0. The van der Waals surface area contributed by atoms with E-state index in [1.54, 1.807) is 18.3 Å². The molecule has 1 aromatic heterocycles. The molecule has 0 radical (unpaired) electrons. The van der Waals surface area contributed by atoms with Gasteiger partial charge >= 0.3 is 0 Å². The fourth-order valence-electron chi connectivity index (χ4n) is 1.61. The maximum absolute atomic E-state index is 9.19. The van der Waals surface area contributed by atoms with Crippen LogP contribution in [0.5, 0.6) is 11.5 Å². The summed E-state index contributed by atoms with van der Waals surface area (Å²) in [5.74, 6) is 1.01. The molecule has 0 aliphatic rings. The van der Waals surface area contributed by atoms with Crippen LogP contribution in [-0.2, 0) is 13.2 Å². The third-order valence-electron chi connectivity index (χ3n) is 2.70. The number of nitrogens with zero attached hydrogens (tertiary/aromatic N) is 1. The van der Waals surface area contributed by atoms with Crippen LogP contribution in [0.25, 0.3) is 0 Å². The number of hydrogen-bond acceptors (Lipinski definition) is 4. The molecule has 0 atom stereocenters. The van der Waals surface area contributed by atoms with Gasteiger partial charge in [-0.3, -0.25) is 4.98 Å². The smallest absolute Gasteiger partial charge is 0.138 e. The van der Waals surface area contributed by atoms with Crippen molar-refractivity contribution in [3.63, 3.8) is 0 Å². The molecule has 1 heterocycles. The number of benzene rings is 1. The van der Waals surface area contributed by atoms with E-state index in [-0.39, 0.29) is 5.75 Å². The number of phenolic OH excluding ortho intramolecular Hbond substituents is 1. The third-order valence-corrected chi connectivity index (χ3v) is 2.70. The van der Waals surface area contributed by atoms with Gasteiger partial charge in [0.25, 0.3) is 0 Å². The second-order valence-corrected chi connectivity index (χ2v) is 4.22. The van der Waals surface area contributed by atoms with E-state index in [2.05, 4.69) is 17.2 Å². The number of aromatic hydroxyl groups is 1. The summed E-state index contributed by atoms with van der Waals surface area (Å²) in [4.78, 5) is 4.32. The highest BCUT2D eigenvalue weighted by Crippen LogP contribution is 2.14. The Labute approximate surface area is 113 Å². The van der Waals surface area contributed by atoms with Gasteiger partial charge < -0.3 is 15.2 Å². The predicted molar refractivity (Wildman–Crippen MR) is 74.1 cm³/mol. The molecule has 100 valence electrons. The Morgan fingerprint density at radius 2 is 1.95 bits per heavy atom. The summed E-state index contributed by atoms with van der Waals surface area (Å²) in [5, 5.41) is 12.4.